The Morgan fingerprint density at radius 3 is 2.27 bits per heavy atom. The predicted molar refractivity (Wildman–Crippen MR) is 85.6 cm³/mol. The number of benzene rings is 2. The average Bonchev–Trinajstić information content (AvgIpc) is 2.54. The molecule has 2 rings (SSSR count). The first kappa shape index (κ1) is 15.6. The van der Waals surface area contributed by atoms with Crippen molar-refractivity contribution < 1.29 is 14.3 Å². The third-order valence-electron chi connectivity index (χ3n) is 3.13. The number of aryl methyl sites for hydroxylation is 1. The first-order valence-electron chi connectivity index (χ1n) is 7.00. The number of carbonyl (C=O) groups is 2. The Labute approximate surface area is 129 Å². The van der Waals surface area contributed by atoms with Gasteiger partial charge in [0.15, 0.2) is 6.61 Å². The van der Waals surface area contributed by atoms with Crippen LogP contribution in [0.15, 0.2) is 48.5 Å². The van der Waals surface area contributed by atoms with Crippen LogP contribution < -0.4 is 11.1 Å². The molecule has 3 N–H and O–H groups in total. The number of nitrogens with one attached hydrogen (secondary N) is 1. The standard InChI is InChI=1S/C17H18N2O3/c1-2-12-3-9-15(10-4-12)19-16(20)11-22-17(21)13-5-7-14(18)8-6-13/h3-10H,2,11,18H2,1H3,(H,19,20). The maximum absolute atomic E-state index is 11.8. The number of anilines is 2. The Morgan fingerprint density at radius 2 is 1.68 bits per heavy atom. The molecule has 0 fully saturated rings. The van der Waals surface area contributed by atoms with Crippen LogP contribution in [0.5, 0.6) is 0 Å². The summed E-state index contributed by atoms with van der Waals surface area (Å²) in [4.78, 5) is 23.5. The van der Waals surface area contributed by atoms with Crippen molar-refractivity contribution in [2.75, 3.05) is 17.7 Å². The largest absolute Gasteiger partial charge is 0.452 e. The molecule has 0 aliphatic heterocycles. The molecule has 0 atom stereocenters. The highest BCUT2D eigenvalue weighted by Crippen LogP contribution is 2.10. The third-order valence-corrected chi connectivity index (χ3v) is 3.13. The van der Waals surface area contributed by atoms with Crippen LogP contribution in [0, 0.1) is 0 Å². The third kappa shape index (κ3) is 4.34. The molecule has 0 heterocycles. The minimum atomic E-state index is -0.559. The van der Waals surface area contributed by atoms with Gasteiger partial charge in [-0.15, -0.1) is 0 Å². The lowest BCUT2D eigenvalue weighted by molar-refractivity contribution is -0.119. The number of hydrogen-bond acceptors (Lipinski definition) is 4. The van der Waals surface area contributed by atoms with E-state index in [1.807, 2.05) is 24.3 Å². The first-order valence-corrected chi connectivity index (χ1v) is 7.00. The van der Waals surface area contributed by atoms with Crippen LogP contribution in [-0.4, -0.2) is 18.5 Å². The fraction of sp³-hybridized carbons (Fsp3) is 0.176. The maximum atomic E-state index is 11.8. The van der Waals surface area contributed by atoms with Gasteiger partial charge in [-0.05, 0) is 48.4 Å². The van der Waals surface area contributed by atoms with Gasteiger partial charge in [0.2, 0.25) is 0 Å². The molecule has 0 aliphatic carbocycles. The summed E-state index contributed by atoms with van der Waals surface area (Å²) in [7, 11) is 0. The number of esters is 1. The van der Waals surface area contributed by atoms with Crippen molar-refractivity contribution in [2.24, 2.45) is 0 Å². The molecular weight excluding hydrogens is 280 g/mol. The minimum absolute atomic E-state index is 0.335. The summed E-state index contributed by atoms with van der Waals surface area (Å²) in [5, 5.41) is 2.67. The van der Waals surface area contributed by atoms with E-state index in [-0.39, 0.29) is 12.5 Å². The second-order valence-corrected chi connectivity index (χ2v) is 4.80. The van der Waals surface area contributed by atoms with Gasteiger partial charge >= 0.3 is 5.97 Å². The zero-order valence-corrected chi connectivity index (χ0v) is 12.3. The van der Waals surface area contributed by atoms with Gasteiger partial charge in [0, 0.05) is 11.4 Å². The molecule has 0 bridgehead atoms. The zero-order chi connectivity index (χ0) is 15.9. The SMILES string of the molecule is CCc1ccc(NC(=O)COC(=O)c2ccc(N)cc2)cc1. The molecule has 0 spiro atoms. The summed E-state index contributed by atoms with van der Waals surface area (Å²) in [6.07, 6.45) is 0.938. The number of rotatable bonds is 5. The normalized spacial score (nSPS) is 10.0. The van der Waals surface area contributed by atoms with Crippen LogP contribution in [0.3, 0.4) is 0 Å². The molecule has 0 saturated carbocycles. The quantitative estimate of drug-likeness (QED) is 0.656. The molecule has 0 aromatic heterocycles. The Bertz CT molecular complexity index is 649. The van der Waals surface area contributed by atoms with Crippen molar-refractivity contribution in [1.82, 2.24) is 0 Å². The van der Waals surface area contributed by atoms with Crippen LogP contribution in [0.1, 0.15) is 22.8 Å². The molecule has 0 saturated heterocycles. The van der Waals surface area contributed by atoms with E-state index in [1.165, 1.54) is 5.56 Å². The number of nitrogen functional groups attached to an aromatic ring is 1. The lowest BCUT2D eigenvalue weighted by atomic mass is 10.1. The summed E-state index contributed by atoms with van der Waals surface area (Å²) < 4.78 is 4.96. The van der Waals surface area contributed by atoms with Crippen LogP contribution >= 0.6 is 0 Å². The Kier molecular flexibility index (Phi) is 5.14. The Balaban J connectivity index is 1.84. The number of carbonyl (C=O) groups excluding carboxylic acids is 2. The minimum Gasteiger partial charge on any atom is -0.452 e. The van der Waals surface area contributed by atoms with Gasteiger partial charge in [-0.1, -0.05) is 19.1 Å². The van der Waals surface area contributed by atoms with Gasteiger partial charge in [0.05, 0.1) is 5.56 Å². The topological polar surface area (TPSA) is 81.4 Å². The van der Waals surface area contributed by atoms with E-state index in [0.717, 1.165) is 6.42 Å². The zero-order valence-electron chi connectivity index (χ0n) is 12.3. The summed E-state index contributed by atoms with van der Waals surface area (Å²) in [5.41, 5.74) is 8.31. The van der Waals surface area contributed by atoms with Crippen molar-refractivity contribution in [3.8, 4) is 0 Å². The molecule has 5 nitrogen and oxygen atoms in total. The predicted octanol–water partition coefficient (Wildman–Crippen LogP) is 2.63. The van der Waals surface area contributed by atoms with Crippen LogP contribution in [-0.2, 0) is 16.0 Å². The van der Waals surface area contributed by atoms with E-state index < -0.39 is 5.97 Å². The summed E-state index contributed by atoms with van der Waals surface area (Å²) >= 11 is 0. The van der Waals surface area contributed by atoms with Gasteiger partial charge in [-0.25, -0.2) is 4.79 Å². The van der Waals surface area contributed by atoms with Crippen molar-refractivity contribution in [2.45, 2.75) is 13.3 Å². The lowest BCUT2D eigenvalue weighted by Gasteiger charge is -2.07. The van der Waals surface area contributed by atoms with E-state index in [4.69, 9.17) is 10.5 Å². The van der Waals surface area contributed by atoms with Gasteiger partial charge in [0.1, 0.15) is 0 Å². The highest BCUT2D eigenvalue weighted by molar-refractivity contribution is 5.95. The number of ether oxygens (including phenoxy) is 1. The average molecular weight is 298 g/mol. The molecule has 0 unspecified atom stereocenters. The molecular formula is C17H18N2O3. The summed E-state index contributed by atoms with van der Waals surface area (Å²) in [6, 6.07) is 13.8. The fourth-order valence-corrected chi connectivity index (χ4v) is 1.85. The van der Waals surface area contributed by atoms with Gasteiger partial charge < -0.3 is 15.8 Å². The second kappa shape index (κ2) is 7.26. The molecule has 1 amide bonds. The van der Waals surface area contributed by atoms with E-state index in [9.17, 15) is 9.59 Å². The highest BCUT2D eigenvalue weighted by Gasteiger charge is 2.10. The first-order chi connectivity index (χ1) is 10.6. The second-order valence-electron chi connectivity index (χ2n) is 4.80. The Morgan fingerprint density at radius 1 is 1.05 bits per heavy atom. The van der Waals surface area contributed by atoms with Crippen LogP contribution in [0.25, 0.3) is 0 Å². The molecule has 0 radical (unpaired) electrons. The summed E-state index contributed by atoms with van der Waals surface area (Å²) in [5.74, 6) is -0.940. The monoisotopic (exact) mass is 298 g/mol. The summed E-state index contributed by atoms with van der Waals surface area (Å²) in [6.45, 7) is 1.73. The molecule has 5 heteroatoms. The molecule has 0 aliphatic rings. The van der Waals surface area contributed by atoms with Crippen molar-refractivity contribution in [3.63, 3.8) is 0 Å². The van der Waals surface area contributed by atoms with E-state index in [0.29, 0.717) is 16.9 Å². The van der Waals surface area contributed by atoms with Gasteiger partial charge in [-0.2, -0.15) is 0 Å². The van der Waals surface area contributed by atoms with Gasteiger partial charge in [0.25, 0.3) is 5.91 Å². The smallest absolute Gasteiger partial charge is 0.338 e. The number of hydrogen-bond donors (Lipinski definition) is 2. The maximum Gasteiger partial charge on any atom is 0.338 e. The van der Waals surface area contributed by atoms with Gasteiger partial charge in [-0.3, -0.25) is 4.79 Å². The Hall–Kier alpha value is -2.82. The molecule has 114 valence electrons. The van der Waals surface area contributed by atoms with E-state index >= 15 is 0 Å². The van der Waals surface area contributed by atoms with Crippen LogP contribution in [0.2, 0.25) is 0 Å². The van der Waals surface area contributed by atoms with Crippen LogP contribution in [0.4, 0.5) is 11.4 Å². The molecule has 2 aromatic carbocycles. The molecule has 2 aromatic rings. The van der Waals surface area contributed by atoms with E-state index in [2.05, 4.69) is 12.2 Å². The van der Waals surface area contributed by atoms with E-state index in [1.54, 1.807) is 24.3 Å². The molecule has 22 heavy (non-hydrogen) atoms. The fourth-order valence-electron chi connectivity index (χ4n) is 1.85. The lowest BCUT2D eigenvalue weighted by Crippen LogP contribution is -2.20. The van der Waals surface area contributed by atoms with Crippen molar-refractivity contribution in [1.29, 1.82) is 0 Å². The highest BCUT2D eigenvalue weighted by atomic mass is 16.5. The van der Waals surface area contributed by atoms with Crippen molar-refractivity contribution in [3.05, 3.63) is 59.7 Å². The van der Waals surface area contributed by atoms with Crippen molar-refractivity contribution >= 4 is 23.3 Å². The number of amides is 1. The number of nitrogens with two attached hydrogens (primary N) is 1.